The first kappa shape index (κ1) is 11.7. The molecule has 0 spiro atoms. The van der Waals surface area contributed by atoms with Crippen LogP contribution in [0.4, 0.5) is 0 Å². The molecule has 5 heteroatoms. The quantitative estimate of drug-likeness (QED) is 0.399. The Hall–Kier alpha value is -1.36. The van der Waals surface area contributed by atoms with E-state index in [4.69, 9.17) is 0 Å². The fraction of sp³-hybridized carbons (Fsp3) is 0.600. The summed E-state index contributed by atoms with van der Waals surface area (Å²) in [5, 5.41) is 9.51. The van der Waals surface area contributed by atoms with Gasteiger partial charge in [-0.2, -0.15) is 0 Å². The maximum Gasteiger partial charge on any atom is 0.323 e. The van der Waals surface area contributed by atoms with Crippen molar-refractivity contribution >= 4 is 11.9 Å². The lowest BCUT2D eigenvalue weighted by molar-refractivity contribution is -0.169. The lowest BCUT2D eigenvalue weighted by atomic mass is 9.86. The van der Waals surface area contributed by atoms with E-state index in [1.165, 1.54) is 14.2 Å². The van der Waals surface area contributed by atoms with Gasteiger partial charge in [-0.05, 0) is 12.0 Å². The van der Waals surface area contributed by atoms with Gasteiger partial charge < -0.3 is 14.6 Å². The molecule has 1 unspecified atom stereocenters. The summed E-state index contributed by atoms with van der Waals surface area (Å²) in [5.41, 5.74) is -0.967. The maximum atomic E-state index is 11.6. The Morgan fingerprint density at radius 1 is 1.40 bits per heavy atom. The number of esters is 2. The monoisotopic (exact) mass is 214 g/mol. The number of hydrogen-bond acceptors (Lipinski definition) is 5. The van der Waals surface area contributed by atoms with Gasteiger partial charge in [0.15, 0.2) is 5.41 Å². The number of carbonyl (C=O) groups excluding carboxylic acids is 2. The second-order valence-electron chi connectivity index (χ2n) is 3.62. The third-order valence-electron chi connectivity index (χ3n) is 2.69. The van der Waals surface area contributed by atoms with Gasteiger partial charge in [-0.15, -0.1) is 0 Å². The number of carbonyl (C=O) groups is 2. The summed E-state index contributed by atoms with van der Waals surface area (Å²) in [5.74, 6) is -1.38. The van der Waals surface area contributed by atoms with Crippen LogP contribution in [-0.4, -0.2) is 37.4 Å². The minimum absolute atomic E-state index is 0.0226. The summed E-state index contributed by atoms with van der Waals surface area (Å²) < 4.78 is 9.13. The van der Waals surface area contributed by atoms with E-state index in [1.54, 1.807) is 0 Å². The summed E-state index contributed by atoms with van der Waals surface area (Å²) in [7, 11) is 2.39. The highest BCUT2D eigenvalue weighted by Gasteiger charge is 2.54. The average molecular weight is 214 g/mol. The van der Waals surface area contributed by atoms with E-state index < -0.39 is 23.5 Å². The van der Waals surface area contributed by atoms with Gasteiger partial charge in [0.1, 0.15) is 0 Å². The minimum atomic E-state index is -1.42. The molecule has 0 heterocycles. The zero-order valence-corrected chi connectivity index (χ0v) is 8.78. The third kappa shape index (κ3) is 1.74. The second-order valence-corrected chi connectivity index (χ2v) is 3.62. The van der Waals surface area contributed by atoms with E-state index in [0.717, 1.165) is 0 Å². The van der Waals surface area contributed by atoms with Crippen molar-refractivity contribution in [3.05, 3.63) is 12.2 Å². The molecule has 84 valence electrons. The summed E-state index contributed by atoms with van der Waals surface area (Å²) in [6.07, 6.45) is -0.804. The standard InChI is InChI=1S/C10H14O5/c1-6-4-10(5-7(6)11,8(12)14-2)9(13)15-3/h7,11H,1,4-5H2,2-3H3. The summed E-state index contributed by atoms with van der Waals surface area (Å²) in [6.45, 7) is 3.60. The Balaban J connectivity index is 3.04. The zero-order chi connectivity index (χ0) is 11.6. The molecule has 0 aromatic carbocycles. The van der Waals surface area contributed by atoms with Crippen LogP contribution in [0.15, 0.2) is 12.2 Å². The fourth-order valence-electron chi connectivity index (χ4n) is 1.84. The topological polar surface area (TPSA) is 72.8 Å². The van der Waals surface area contributed by atoms with Crippen molar-refractivity contribution in [2.24, 2.45) is 5.41 Å². The Bertz CT molecular complexity index is 291. The van der Waals surface area contributed by atoms with Gasteiger partial charge in [0.05, 0.1) is 20.3 Å². The largest absolute Gasteiger partial charge is 0.468 e. The molecule has 0 radical (unpaired) electrons. The zero-order valence-electron chi connectivity index (χ0n) is 8.78. The van der Waals surface area contributed by atoms with Crippen LogP contribution in [0.3, 0.4) is 0 Å². The molecule has 0 aromatic rings. The Labute approximate surface area is 87.7 Å². The first-order valence-corrected chi connectivity index (χ1v) is 4.50. The lowest BCUT2D eigenvalue weighted by Gasteiger charge is -2.21. The molecule has 1 aliphatic carbocycles. The first-order valence-electron chi connectivity index (χ1n) is 4.50. The van der Waals surface area contributed by atoms with Crippen molar-refractivity contribution in [2.45, 2.75) is 18.9 Å². The summed E-state index contributed by atoms with van der Waals surface area (Å²) in [4.78, 5) is 23.1. The molecule has 1 rings (SSSR count). The number of methoxy groups -OCH3 is 2. The molecule has 1 N–H and O–H groups in total. The van der Waals surface area contributed by atoms with Crippen molar-refractivity contribution in [3.8, 4) is 0 Å². The van der Waals surface area contributed by atoms with E-state index in [0.29, 0.717) is 5.57 Å². The fourth-order valence-corrected chi connectivity index (χ4v) is 1.84. The molecule has 1 saturated carbocycles. The van der Waals surface area contributed by atoms with Crippen molar-refractivity contribution in [1.82, 2.24) is 0 Å². The van der Waals surface area contributed by atoms with Gasteiger partial charge in [-0.25, -0.2) is 0 Å². The molecule has 0 bridgehead atoms. The van der Waals surface area contributed by atoms with Crippen LogP contribution >= 0.6 is 0 Å². The normalized spacial score (nSPS) is 23.7. The molecule has 1 aliphatic rings. The Morgan fingerprint density at radius 3 is 2.13 bits per heavy atom. The van der Waals surface area contributed by atoms with Crippen molar-refractivity contribution in [1.29, 1.82) is 0 Å². The Kier molecular flexibility index (Phi) is 3.14. The van der Waals surface area contributed by atoms with Crippen LogP contribution < -0.4 is 0 Å². The molecule has 0 aromatic heterocycles. The van der Waals surface area contributed by atoms with Crippen LogP contribution in [0.1, 0.15) is 12.8 Å². The van der Waals surface area contributed by atoms with Crippen LogP contribution in [0.25, 0.3) is 0 Å². The van der Waals surface area contributed by atoms with Crippen LogP contribution in [0.5, 0.6) is 0 Å². The number of aliphatic hydroxyl groups is 1. The van der Waals surface area contributed by atoms with Gasteiger partial charge in [0, 0.05) is 6.42 Å². The smallest absolute Gasteiger partial charge is 0.323 e. The molecule has 1 fully saturated rings. The highest BCUT2D eigenvalue weighted by Crippen LogP contribution is 2.42. The van der Waals surface area contributed by atoms with Gasteiger partial charge in [0.2, 0.25) is 0 Å². The van der Waals surface area contributed by atoms with Crippen molar-refractivity contribution in [3.63, 3.8) is 0 Å². The first-order chi connectivity index (χ1) is 6.97. The van der Waals surface area contributed by atoms with Crippen LogP contribution in [0, 0.1) is 5.41 Å². The van der Waals surface area contributed by atoms with Crippen molar-refractivity contribution in [2.75, 3.05) is 14.2 Å². The lowest BCUT2D eigenvalue weighted by Crippen LogP contribution is -2.39. The average Bonchev–Trinajstić information content (AvgIpc) is 2.54. The molecular formula is C10H14O5. The Morgan fingerprint density at radius 2 is 1.87 bits per heavy atom. The molecule has 1 atom stereocenters. The van der Waals surface area contributed by atoms with Crippen molar-refractivity contribution < 1.29 is 24.2 Å². The molecule has 0 saturated heterocycles. The molecule has 0 amide bonds. The van der Waals surface area contributed by atoms with Gasteiger partial charge in [0.25, 0.3) is 0 Å². The van der Waals surface area contributed by atoms with Gasteiger partial charge in [-0.3, -0.25) is 9.59 Å². The van der Waals surface area contributed by atoms with E-state index >= 15 is 0 Å². The second kappa shape index (κ2) is 4.02. The van der Waals surface area contributed by atoms with E-state index in [9.17, 15) is 14.7 Å². The van der Waals surface area contributed by atoms with E-state index in [2.05, 4.69) is 16.1 Å². The highest BCUT2D eigenvalue weighted by molar-refractivity contribution is 6.01. The van der Waals surface area contributed by atoms with Crippen LogP contribution in [0.2, 0.25) is 0 Å². The van der Waals surface area contributed by atoms with Gasteiger partial charge in [-0.1, -0.05) is 6.58 Å². The predicted octanol–water partition coefficient (Wildman–Crippen LogP) is 0.0297. The van der Waals surface area contributed by atoms with E-state index in [-0.39, 0.29) is 12.8 Å². The minimum Gasteiger partial charge on any atom is -0.468 e. The maximum absolute atomic E-state index is 11.6. The summed E-state index contributed by atoms with van der Waals surface area (Å²) >= 11 is 0. The highest BCUT2D eigenvalue weighted by atomic mass is 16.5. The predicted molar refractivity (Wildman–Crippen MR) is 50.8 cm³/mol. The molecular weight excluding hydrogens is 200 g/mol. The molecule has 0 aliphatic heterocycles. The third-order valence-corrected chi connectivity index (χ3v) is 2.69. The number of hydrogen-bond donors (Lipinski definition) is 1. The van der Waals surface area contributed by atoms with E-state index in [1.807, 2.05) is 0 Å². The number of ether oxygens (including phenoxy) is 2. The molecule has 15 heavy (non-hydrogen) atoms. The van der Waals surface area contributed by atoms with Crippen LogP contribution in [-0.2, 0) is 19.1 Å². The SMILES string of the molecule is C=C1CC(C(=O)OC)(C(=O)OC)CC1O. The number of rotatable bonds is 2. The number of aliphatic hydroxyl groups excluding tert-OH is 1. The van der Waals surface area contributed by atoms with Gasteiger partial charge >= 0.3 is 11.9 Å². The summed E-state index contributed by atoms with van der Waals surface area (Å²) in [6, 6.07) is 0. The molecule has 5 nitrogen and oxygen atoms in total.